The molecule has 0 aliphatic rings. The molecule has 0 radical (unpaired) electrons. The Balaban J connectivity index is 2.27. The van der Waals surface area contributed by atoms with E-state index in [0.717, 1.165) is 29.5 Å². The number of aromatic nitrogens is 3. The lowest BCUT2D eigenvalue weighted by atomic mass is 10.1. The van der Waals surface area contributed by atoms with Gasteiger partial charge in [0.2, 0.25) is 0 Å². The van der Waals surface area contributed by atoms with Crippen LogP contribution in [0.15, 0.2) is 47.6 Å². The summed E-state index contributed by atoms with van der Waals surface area (Å²) < 4.78 is 2.18. The maximum Gasteiger partial charge on any atom is 0.191 e. The molecule has 0 aliphatic carbocycles. The first kappa shape index (κ1) is 14.9. The summed E-state index contributed by atoms with van der Waals surface area (Å²) in [7, 11) is 0. The topological polar surface area (TPSA) is 30.7 Å². The first-order valence-corrected chi connectivity index (χ1v) is 7.71. The van der Waals surface area contributed by atoms with E-state index >= 15 is 0 Å². The van der Waals surface area contributed by atoms with Crippen LogP contribution in [0.5, 0.6) is 0 Å². The van der Waals surface area contributed by atoms with E-state index in [9.17, 15) is 0 Å². The van der Waals surface area contributed by atoms with Crippen molar-refractivity contribution in [3.05, 3.63) is 53.9 Å². The number of benzene rings is 1. The van der Waals surface area contributed by atoms with E-state index in [1.807, 2.05) is 13.0 Å². The highest BCUT2D eigenvalue weighted by atomic mass is 32.2. The van der Waals surface area contributed by atoms with Gasteiger partial charge in [-0.15, -0.1) is 10.2 Å². The zero-order valence-electron chi connectivity index (χ0n) is 12.3. The molecule has 0 fully saturated rings. The highest BCUT2D eigenvalue weighted by Gasteiger charge is 2.14. The lowest BCUT2D eigenvalue weighted by Gasteiger charge is -2.11. The van der Waals surface area contributed by atoms with Crippen molar-refractivity contribution in [2.24, 2.45) is 0 Å². The van der Waals surface area contributed by atoms with Crippen molar-refractivity contribution in [1.29, 1.82) is 0 Å². The number of thioether (sulfide) groups is 1. The Hall–Kier alpha value is -1.55. The number of nitrogens with zero attached hydrogens (tertiary/aromatic N) is 3. The summed E-state index contributed by atoms with van der Waals surface area (Å²) >= 11 is 1.75. The van der Waals surface area contributed by atoms with E-state index < -0.39 is 0 Å². The van der Waals surface area contributed by atoms with Crippen LogP contribution in [0.25, 0.3) is 0 Å². The monoisotopic (exact) mass is 287 g/mol. The van der Waals surface area contributed by atoms with E-state index in [-0.39, 0.29) is 0 Å². The molecule has 0 bridgehead atoms. The highest BCUT2D eigenvalue weighted by molar-refractivity contribution is 7.99. The SMILES string of the molecule is C=C(C)Cn1c(Cc2ccccc2)nnc1SC(C)C. The van der Waals surface area contributed by atoms with Crippen molar-refractivity contribution in [2.75, 3.05) is 0 Å². The highest BCUT2D eigenvalue weighted by Crippen LogP contribution is 2.23. The largest absolute Gasteiger partial charge is 0.302 e. The van der Waals surface area contributed by atoms with E-state index in [4.69, 9.17) is 0 Å². The molecular formula is C16H21N3S. The van der Waals surface area contributed by atoms with Crippen molar-refractivity contribution in [1.82, 2.24) is 14.8 Å². The minimum Gasteiger partial charge on any atom is -0.302 e. The molecule has 20 heavy (non-hydrogen) atoms. The van der Waals surface area contributed by atoms with Gasteiger partial charge in [0.1, 0.15) is 5.82 Å². The second kappa shape index (κ2) is 6.75. The van der Waals surface area contributed by atoms with Crippen molar-refractivity contribution in [2.45, 2.75) is 44.1 Å². The molecule has 0 aliphatic heterocycles. The first-order chi connectivity index (χ1) is 9.56. The number of rotatable bonds is 6. The molecule has 106 valence electrons. The summed E-state index contributed by atoms with van der Waals surface area (Å²) in [5, 5.41) is 10.2. The summed E-state index contributed by atoms with van der Waals surface area (Å²) in [6.07, 6.45) is 0.805. The van der Waals surface area contributed by atoms with Crippen molar-refractivity contribution in [3.8, 4) is 0 Å². The molecular weight excluding hydrogens is 266 g/mol. The van der Waals surface area contributed by atoms with Crippen molar-refractivity contribution < 1.29 is 0 Å². The zero-order valence-corrected chi connectivity index (χ0v) is 13.2. The smallest absolute Gasteiger partial charge is 0.191 e. The van der Waals surface area contributed by atoms with Crippen LogP contribution in [-0.2, 0) is 13.0 Å². The molecule has 2 rings (SSSR count). The van der Waals surface area contributed by atoms with E-state index in [1.54, 1.807) is 11.8 Å². The Morgan fingerprint density at radius 2 is 1.95 bits per heavy atom. The van der Waals surface area contributed by atoms with Gasteiger partial charge in [0.05, 0.1) is 0 Å². The normalized spacial score (nSPS) is 11.0. The summed E-state index contributed by atoms with van der Waals surface area (Å²) in [6, 6.07) is 10.4. The second-order valence-electron chi connectivity index (χ2n) is 5.27. The maximum atomic E-state index is 4.37. The van der Waals surface area contributed by atoms with E-state index in [1.165, 1.54) is 5.56 Å². The van der Waals surface area contributed by atoms with Crippen LogP contribution < -0.4 is 0 Å². The first-order valence-electron chi connectivity index (χ1n) is 6.83. The molecule has 1 heterocycles. The third-order valence-electron chi connectivity index (χ3n) is 2.77. The lowest BCUT2D eigenvalue weighted by molar-refractivity contribution is 0.667. The van der Waals surface area contributed by atoms with E-state index in [0.29, 0.717) is 5.25 Å². The molecule has 1 aromatic carbocycles. The fraction of sp³-hybridized carbons (Fsp3) is 0.375. The Morgan fingerprint density at radius 1 is 1.25 bits per heavy atom. The van der Waals surface area contributed by atoms with Gasteiger partial charge in [-0.3, -0.25) is 0 Å². The standard InChI is InChI=1S/C16H21N3S/c1-12(2)11-19-15(10-14-8-6-5-7-9-14)17-18-16(19)20-13(3)4/h5-9,13H,1,10-11H2,2-4H3. The van der Waals surface area contributed by atoms with Gasteiger partial charge < -0.3 is 4.57 Å². The molecule has 0 unspecified atom stereocenters. The molecule has 4 heteroatoms. The third kappa shape index (κ3) is 3.97. The van der Waals surface area contributed by atoms with Crippen LogP contribution in [0.1, 0.15) is 32.2 Å². The molecule has 0 N–H and O–H groups in total. The van der Waals surface area contributed by atoms with Gasteiger partial charge in [-0.1, -0.05) is 68.1 Å². The molecule has 0 atom stereocenters. The second-order valence-corrected chi connectivity index (χ2v) is 6.81. The zero-order chi connectivity index (χ0) is 14.5. The van der Waals surface area contributed by atoms with Crippen LogP contribution in [0.3, 0.4) is 0 Å². The molecule has 0 spiro atoms. The van der Waals surface area contributed by atoms with Gasteiger partial charge in [0.25, 0.3) is 0 Å². The van der Waals surface area contributed by atoms with Crippen molar-refractivity contribution in [3.63, 3.8) is 0 Å². The molecule has 0 amide bonds. The van der Waals surface area contributed by atoms with Gasteiger partial charge in [0.15, 0.2) is 5.16 Å². The maximum absolute atomic E-state index is 4.37. The van der Waals surface area contributed by atoms with Gasteiger partial charge in [-0.25, -0.2) is 0 Å². The van der Waals surface area contributed by atoms with Crippen LogP contribution in [-0.4, -0.2) is 20.0 Å². The number of hydrogen-bond acceptors (Lipinski definition) is 3. The van der Waals surface area contributed by atoms with Gasteiger partial charge in [-0.05, 0) is 12.5 Å². The predicted octanol–water partition coefficient (Wildman–Crippen LogP) is 3.95. The predicted molar refractivity (Wildman–Crippen MR) is 85.1 cm³/mol. The quantitative estimate of drug-likeness (QED) is 0.595. The Kier molecular flexibility index (Phi) is 5.01. The van der Waals surface area contributed by atoms with Crippen LogP contribution in [0, 0.1) is 0 Å². The number of hydrogen-bond donors (Lipinski definition) is 0. The summed E-state index contributed by atoms with van der Waals surface area (Å²) in [5.74, 6) is 1.00. The Bertz CT molecular complexity index is 573. The van der Waals surface area contributed by atoms with Gasteiger partial charge >= 0.3 is 0 Å². The minimum atomic E-state index is 0.493. The average molecular weight is 287 g/mol. The fourth-order valence-electron chi connectivity index (χ4n) is 1.95. The summed E-state index contributed by atoms with van der Waals surface area (Å²) in [5.41, 5.74) is 2.37. The Labute approximate surface area is 125 Å². The van der Waals surface area contributed by atoms with Gasteiger partial charge in [0, 0.05) is 18.2 Å². The molecule has 2 aromatic rings. The van der Waals surface area contributed by atoms with Crippen LogP contribution in [0.4, 0.5) is 0 Å². The lowest BCUT2D eigenvalue weighted by Crippen LogP contribution is -2.07. The van der Waals surface area contributed by atoms with E-state index in [2.05, 4.69) is 59.5 Å². The molecule has 3 nitrogen and oxygen atoms in total. The van der Waals surface area contributed by atoms with Crippen molar-refractivity contribution >= 4 is 11.8 Å². The number of allylic oxidation sites excluding steroid dienone is 1. The fourth-order valence-corrected chi connectivity index (χ4v) is 2.76. The molecule has 0 saturated carbocycles. The summed E-state index contributed by atoms with van der Waals surface area (Å²) in [4.78, 5) is 0. The molecule has 0 saturated heterocycles. The minimum absolute atomic E-state index is 0.493. The molecule has 1 aromatic heterocycles. The van der Waals surface area contributed by atoms with Crippen LogP contribution in [0.2, 0.25) is 0 Å². The van der Waals surface area contributed by atoms with Crippen LogP contribution >= 0.6 is 11.8 Å². The third-order valence-corrected chi connectivity index (χ3v) is 3.75. The summed E-state index contributed by atoms with van der Waals surface area (Å²) in [6.45, 7) is 11.2. The Morgan fingerprint density at radius 3 is 2.55 bits per heavy atom. The van der Waals surface area contributed by atoms with Gasteiger partial charge in [-0.2, -0.15) is 0 Å². The average Bonchev–Trinajstić information content (AvgIpc) is 2.72.